The molecule has 1 aliphatic carbocycles. The van der Waals surface area contributed by atoms with Crippen LogP contribution in [-0.4, -0.2) is 28.1 Å². The molecule has 6 heteroatoms. The van der Waals surface area contributed by atoms with Crippen LogP contribution in [0.1, 0.15) is 25.5 Å². The van der Waals surface area contributed by atoms with Crippen molar-refractivity contribution in [1.29, 1.82) is 0 Å². The van der Waals surface area contributed by atoms with E-state index in [0.717, 1.165) is 29.1 Å². The SMILES string of the molecule is CC(CO)(NC(=O)Cc1csc(-c2ccoc2)n1)C1CC1. The second-order valence-corrected chi connectivity index (χ2v) is 6.59. The molecular formula is C15H18N2O3S. The number of aliphatic hydroxyl groups is 1. The fourth-order valence-corrected chi connectivity index (χ4v) is 3.23. The Bertz CT molecular complexity index is 619. The van der Waals surface area contributed by atoms with Crippen LogP contribution in [0, 0.1) is 5.92 Å². The van der Waals surface area contributed by atoms with Crippen molar-refractivity contribution >= 4 is 17.2 Å². The van der Waals surface area contributed by atoms with E-state index in [1.807, 2.05) is 18.4 Å². The summed E-state index contributed by atoms with van der Waals surface area (Å²) in [6, 6.07) is 1.85. The summed E-state index contributed by atoms with van der Waals surface area (Å²) in [6.07, 6.45) is 5.61. The predicted molar refractivity (Wildman–Crippen MR) is 79.9 cm³/mol. The fraction of sp³-hybridized carbons (Fsp3) is 0.467. The highest BCUT2D eigenvalue weighted by atomic mass is 32.1. The molecule has 2 N–H and O–H groups in total. The molecule has 3 rings (SSSR count). The molecule has 112 valence electrons. The van der Waals surface area contributed by atoms with Crippen molar-refractivity contribution in [1.82, 2.24) is 10.3 Å². The topological polar surface area (TPSA) is 75.4 Å². The summed E-state index contributed by atoms with van der Waals surface area (Å²) in [4.78, 5) is 16.6. The van der Waals surface area contributed by atoms with Gasteiger partial charge in [-0.15, -0.1) is 11.3 Å². The monoisotopic (exact) mass is 306 g/mol. The number of furan rings is 1. The molecule has 2 heterocycles. The van der Waals surface area contributed by atoms with Gasteiger partial charge in [0, 0.05) is 10.9 Å². The number of nitrogens with zero attached hydrogens (tertiary/aromatic N) is 1. The quantitative estimate of drug-likeness (QED) is 0.858. The lowest BCUT2D eigenvalue weighted by molar-refractivity contribution is -0.123. The predicted octanol–water partition coefficient (Wildman–Crippen LogP) is 2.22. The van der Waals surface area contributed by atoms with Gasteiger partial charge in [-0.2, -0.15) is 0 Å². The van der Waals surface area contributed by atoms with Crippen LogP contribution < -0.4 is 5.32 Å². The fourth-order valence-electron chi connectivity index (χ4n) is 2.43. The number of hydrogen-bond acceptors (Lipinski definition) is 5. The van der Waals surface area contributed by atoms with Crippen LogP contribution in [0.25, 0.3) is 10.6 Å². The molecule has 21 heavy (non-hydrogen) atoms. The van der Waals surface area contributed by atoms with Crippen LogP contribution in [-0.2, 0) is 11.2 Å². The summed E-state index contributed by atoms with van der Waals surface area (Å²) in [6.45, 7) is 1.88. The Kier molecular flexibility index (Phi) is 3.82. The molecule has 1 saturated carbocycles. The van der Waals surface area contributed by atoms with Gasteiger partial charge in [0.15, 0.2) is 0 Å². The molecule has 1 aliphatic rings. The zero-order valence-corrected chi connectivity index (χ0v) is 12.7. The van der Waals surface area contributed by atoms with E-state index in [9.17, 15) is 9.90 Å². The van der Waals surface area contributed by atoms with E-state index in [0.29, 0.717) is 5.92 Å². The zero-order chi connectivity index (χ0) is 14.9. The number of aliphatic hydroxyl groups excluding tert-OH is 1. The molecule has 0 bridgehead atoms. The Balaban J connectivity index is 1.62. The third-order valence-corrected chi connectivity index (χ3v) is 4.83. The average molecular weight is 306 g/mol. The van der Waals surface area contributed by atoms with Gasteiger partial charge in [0.25, 0.3) is 0 Å². The minimum atomic E-state index is -0.500. The first kappa shape index (κ1) is 14.3. The Morgan fingerprint density at radius 1 is 1.62 bits per heavy atom. The highest BCUT2D eigenvalue weighted by Gasteiger charge is 2.42. The molecule has 5 nitrogen and oxygen atoms in total. The molecule has 1 amide bonds. The molecule has 1 fully saturated rings. The van der Waals surface area contributed by atoms with Crippen LogP contribution >= 0.6 is 11.3 Å². The number of nitrogens with one attached hydrogen (secondary N) is 1. The number of rotatable bonds is 6. The molecule has 2 aromatic heterocycles. The number of thiazole rings is 1. The highest BCUT2D eigenvalue weighted by Crippen LogP contribution is 2.39. The summed E-state index contributed by atoms with van der Waals surface area (Å²) in [7, 11) is 0. The minimum absolute atomic E-state index is 0.0270. The third-order valence-electron chi connectivity index (χ3n) is 3.89. The Hall–Kier alpha value is -1.66. The van der Waals surface area contributed by atoms with Crippen molar-refractivity contribution in [2.45, 2.75) is 31.7 Å². The lowest BCUT2D eigenvalue weighted by Crippen LogP contribution is -2.51. The maximum atomic E-state index is 12.1. The van der Waals surface area contributed by atoms with Gasteiger partial charge in [-0.05, 0) is 31.7 Å². The van der Waals surface area contributed by atoms with Gasteiger partial charge in [-0.25, -0.2) is 4.98 Å². The van der Waals surface area contributed by atoms with E-state index in [2.05, 4.69) is 10.3 Å². The normalized spacial score (nSPS) is 17.4. The largest absolute Gasteiger partial charge is 0.472 e. The van der Waals surface area contributed by atoms with E-state index < -0.39 is 5.54 Å². The van der Waals surface area contributed by atoms with Crippen molar-refractivity contribution in [2.75, 3.05) is 6.61 Å². The molecule has 1 atom stereocenters. The maximum Gasteiger partial charge on any atom is 0.226 e. The number of carbonyl (C=O) groups is 1. The summed E-state index contributed by atoms with van der Waals surface area (Å²) in [5.41, 5.74) is 1.16. The van der Waals surface area contributed by atoms with Gasteiger partial charge >= 0.3 is 0 Å². The van der Waals surface area contributed by atoms with Crippen LogP contribution in [0.15, 0.2) is 28.4 Å². The summed E-state index contributed by atoms with van der Waals surface area (Å²) in [5, 5.41) is 15.2. The number of carbonyl (C=O) groups excluding carboxylic acids is 1. The maximum absolute atomic E-state index is 12.1. The lowest BCUT2D eigenvalue weighted by atomic mass is 9.96. The molecule has 1 unspecified atom stereocenters. The molecule has 0 aliphatic heterocycles. The third kappa shape index (κ3) is 3.16. The number of aromatic nitrogens is 1. The van der Waals surface area contributed by atoms with Gasteiger partial charge in [-0.3, -0.25) is 4.79 Å². The highest BCUT2D eigenvalue weighted by molar-refractivity contribution is 7.13. The van der Waals surface area contributed by atoms with Gasteiger partial charge in [0.1, 0.15) is 11.3 Å². The molecule has 2 aromatic rings. The lowest BCUT2D eigenvalue weighted by Gasteiger charge is -2.28. The molecule has 0 spiro atoms. The molecule has 0 saturated heterocycles. The van der Waals surface area contributed by atoms with E-state index in [-0.39, 0.29) is 18.9 Å². The first-order chi connectivity index (χ1) is 10.1. The zero-order valence-electron chi connectivity index (χ0n) is 11.8. The van der Waals surface area contributed by atoms with E-state index >= 15 is 0 Å². The standard InChI is InChI=1S/C15H18N2O3S/c1-15(9-18,11-2-3-11)17-13(19)6-12-8-21-14(16-12)10-4-5-20-7-10/h4-5,7-8,11,18H,2-3,6,9H2,1H3,(H,17,19). The summed E-state index contributed by atoms with van der Waals surface area (Å²) in [5.74, 6) is 0.297. The smallest absolute Gasteiger partial charge is 0.226 e. The van der Waals surface area contributed by atoms with Crippen molar-refractivity contribution in [2.24, 2.45) is 5.92 Å². The van der Waals surface area contributed by atoms with E-state index in [1.54, 1.807) is 12.5 Å². The van der Waals surface area contributed by atoms with Gasteiger partial charge in [0.2, 0.25) is 5.91 Å². The van der Waals surface area contributed by atoms with Crippen molar-refractivity contribution < 1.29 is 14.3 Å². The van der Waals surface area contributed by atoms with Gasteiger partial charge in [-0.1, -0.05) is 0 Å². The van der Waals surface area contributed by atoms with Crippen LogP contribution in [0.3, 0.4) is 0 Å². The number of hydrogen-bond donors (Lipinski definition) is 2. The Labute approximate surface area is 127 Å². The van der Waals surface area contributed by atoms with E-state index in [1.165, 1.54) is 11.3 Å². The second-order valence-electron chi connectivity index (χ2n) is 5.73. The first-order valence-electron chi connectivity index (χ1n) is 6.99. The second kappa shape index (κ2) is 5.61. The molecular weight excluding hydrogens is 288 g/mol. The minimum Gasteiger partial charge on any atom is -0.472 e. The average Bonchev–Trinajstić information content (AvgIpc) is 3.00. The Morgan fingerprint density at radius 2 is 2.43 bits per heavy atom. The van der Waals surface area contributed by atoms with Crippen molar-refractivity contribution in [3.05, 3.63) is 29.7 Å². The Morgan fingerprint density at radius 3 is 3.05 bits per heavy atom. The van der Waals surface area contributed by atoms with Crippen LogP contribution in [0.4, 0.5) is 0 Å². The molecule has 0 aromatic carbocycles. The van der Waals surface area contributed by atoms with Crippen molar-refractivity contribution in [3.63, 3.8) is 0 Å². The number of amides is 1. The van der Waals surface area contributed by atoms with Crippen molar-refractivity contribution in [3.8, 4) is 10.6 Å². The van der Waals surface area contributed by atoms with Gasteiger partial charge < -0.3 is 14.8 Å². The first-order valence-corrected chi connectivity index (χ1v) is 7.87. The van der Waals surface area contributed by atoms with Crippen LogP contribution in [0.2, 0.25) is 0 Å². The van der Waals surface area contributed by atoms with Crippen LogP contribution in [0.5, 0.6) is 0 Å². The summed E-state index contributed by atoms with van der Waals surface area (Å²) >= 11 is 1.49. The summed E-state index contributed by atoms with van der Waals surface area (Å²) < 4.78 is 5.03. The van der Waals surface area contributed by atoms with Gasteiger partial charge in [0.05, 0.1) is 30.5 Å². The van der Waals surface area contributed by atoms with E-state index in [4.69, 9.17) is 4.42 Å². The molecule has 0 radical (unpaired) electrons.